The SMILES string of the molecule is Cc1ccc(OC(F)F)c(CNC(=O)C2(n3cccn3)CCNCC2)c1. The molecule has 1 aliphatic rings. The molecule has 0 bridgehead atoms. The summed E-state index contributed by atoms with van der Waals surface area (Å²) in [5.41, 5.74) is 0.644. The number of piperidine rings is 1. The van der Waals surface area contributed by atoms with Gasteiger partial charge in [0.25, 0.3) is 0 Å². The van der Waals surface area contributed by atoms with Gasteiger partial charge in [0.1, 0.15) is 11.3 Å². The lowest BCUT2D eigenvalue weighted by molar-refractivity contribution is -0.132. The van der Waals surface area contributed by atoms with E-state index in [1.807, 2.05) is 6.92 Å². The number of benzene rings is 1. The van der Waals surface area contributed by atoms with Crippen LogP contribution in [0.1, 0.15) is 24.0 Å². The Morgan fingerprint density at radius 1 is 1.42 bits per heavy atom. The maximum absolute atomic E-state index is 13.0. The number of carbonyl (C=O) groups is 1. The number of alkyl halides is 2. The molecule has 0 aliphatic carbocycles. The summed E-state index contributed by atoms with van der Waals surface area (Å²) in [5, 5.41) is 10.4. The van der Waals surface area contributed by atoms with E-state index >= 15 is 0 Å². The predicted molar refractivity (Wildman–Crippen MR) is 92.0 cm³/mol. The average molecular weight is 364 g/mol. The third-order valence-corrected chi connectivity index (χ3v) is 4.67. The summed E-state index contributed by atoms with van der Waals surface area (Å²) in [6.45, 7) is 0.468. The number of nitrogens with one attached hydrogen (secondary N) is 2. The average Bonchev–Trinajstić information content (AvgIpc) is 3.17. The summed E-state index contributed by atoms with van der Waals surface area (Å²) in [6.07, 6.45) is 4.64. The fourth-order valence-electron chi connectivity index (χ4n) is 3.32. The largest absolute Gasteiger partial charge is 0.434 e. The number of hydrogen-bond donors (Lipinski definition) is 2. The van der Waals surface area contributed by atoms with Crippen molar-refractivity contribution in [1.29, 1.82) is 0 Å². The lowest BCUT2D eigenvalue weighted by Crippen LogP contribution is -2.54. The summed E-state index contributed by atoms with van der Waals surface area (Å²) in [6, 6.07) is 6.71. The standard InChI is InChI=1S/C18H22F2N4O2/c1-13-3-4-15(26-17(19)20)14(11-13)12-22-16(25)18(5-8-21-9-6-18)24-10-2-7-23-24/h2-4,7,10-11,17,21H,5-6,8-9,12H2,1H3,(H,22,25). The van der Waals surface area contributed by atoms with Gasteiger partial charge in [0.2, 0.25) is 5.91 Å². The quantitative estimate of drug-likeness (QED) is 0.825. The van der Waals surface area contributed by atoms with Crippen LogP contribution < -0.4 is 15.4 Å². The zero-order chi connectivity index (χ0) is 18.6. The van der Waals surface area contributed by atoms with Crippen LogP contribution in [-0.4, -0.2) is 35.4 Å². The van der Waals surface area contributed by atoms with Crippen LogP contribution in [0, 0.1) is 6.92 Å². The van der Waals surface area contributed by atoms with Gasteiger partial charge in [-0.1, -0.05) is 17.7 Å². The molecule has 2 heterocycles. The van der Waals surface area contributed by atoms with E-state index in [9.17, 15) is 13.6 Å². The van der Waals surface area contributed by atoms with E-state index < -0.39 is 12.2 Å². The summed E-state index contributed by atoms with van der Waals surface area (Å²) >= 11 is 0. The summed E-state index contributed by atoms with van der Waals surface area (Å²) in [5.74, 6) is -0.100. The molecule has 1 amide bonds. The van der Waals surface area contributed by atoms with E-state index in [4.69, 9.17) is 0 Å². The molecule has 26 heavy (non-hydrogen) atoms. The Morgan fingerprint density at radius 3 is 2.85 bits per heavy atom. The van der Waals surface area contributed by atoms with Crippen molar-refractivity contribution in [3.8, 4) is 5.75 Å². The van der Waals surface area contributed by atoms with Crippen molar-refractivity contribution in [2.24, 2.45) is 0 Å². The van der Waals surface area contributed by atoms with Gasteiger partial charge in [-0.25, -0.2) is 0 Å². The molecule has 1 saturated heterocycles. The molecule has 140 valence electrons. The van der Waals surface area contributed by atoms with Crippen molar-refractivity contribution in [2.45, 2.75) is 38.5 Å². The molecule has 1 aromatic heterocycles. The first-order valence-corrected chi connectivity index (χ1v) is 8.55. The molecular formula is C18H22F2N4O2. The Morgan fingerprint density at radius 2 is 2.19 bits per heavy atom. The Kier molecular flexibility index (Phi) is 5.51. The number of halogens is 2. The fourth-order valence-corrected chi connectivity index (χ4v) is 3.32. The topological polar surface area (TPSA) is 68.2 Å². The number of hydrogen-bond acceptors (Lipinski definition) is 4. The smallest absolute Gasteiger partial charge is 0.387 e. The van der Waals surface area contributed by atoms with Crippen LogP contribution in [-0.2, 0) is 16.9 Å². The Bertz CT molecular complexity index is 744. The molecule has 2 N–H and O–H groups in total. The minimum absolute atomic E-state index is 0.0735. The van der Waals surface area contributed by atoms with Crippen molar-refractivity contribution in [1.82, 2.24) is 20.4 Å². The van der Waals surface area contributed by atoms with E-state index in [0.717, 1.165) is 5.56 Å². The normalized spacial score (nSPS) is 16.5. The molecule has 1 fully saturated rings. The minimum atomic E-state index is -2.91. The van der Waals surface area contributed by atoms with Gasteiger partial charge in [0.05, 0.1) is 0 Å². The zero-order valence-electron chi connectivity index (χ0n) is 14.5. The second-order valence-corrected chi connectivity index (χ2v) is 6.40. The van der Waals surface area contributed by atoms with Gasteiger partial charge >= 0.3 is 6.61 Å². The van der Waals surface area contributed by atoms with Crippen LogP contribution >= 0.6 is 0 Å². The van der Waals surface area contributed by atoms with Crippen LogP contribution in [0.5, 0.6) is 5.75 Å². The number of ether oxygens (including phenoxy) is 1. The summed E-state index contributed by atoms with van der Waals surface area (Å²) in [7, 11) is 0. The lowest BCUT2D eigenvalue weighted by atomic mass is 9.87. The summed E-state index contributed by atoms with van der Waals surface area (Å²) in [4.78, 5) is 13.0. The van der Waals surface area contributed by atoms with Crippen molar-refractivity contribution in [2.75, 3.05) is 13.1 Å². The first-order chi connectivity index (χ1) is 12.5. The fraction of sp³-hybridized carbons (Fsp3) is 0.444. The van der Waals surface area contributed by atoms with Gasteiger partial charge < -0.3 is 15.4 Å². The van der Waals surface area contributed by atoms with Crippen molar-refractivity contribution in [3.63, 3.8) is 0 Å². The molecular weight excluding hydrogens is 342 g/mol. The number of aromatic nitrogens is 2. The third-order valence-electron chi connectivity index (χ3n) is 4.67. The van der Waals surface area contributed by atoms with Crippen LogP contribution in [0.25, 0.3) is 0 Å². The third kappa shape index (κ3) is 3.85. The molecule has 3 rings (SSSR count). The number of nitrogens with zero attached hydrogens (tertiary/aromatic N) is 2. The van der Waals surface area contributed by atoms with Crippen LogP contribution in [0.2, 0.25) is 0 Å². The molecule has 0 saturated carbocycles. The monoisotopic (exact) mass is 364 g/mol. The zero-order valence-corrected chi connectivity index (χ0v) is 14.5. The molecule has 0 radical (unpaired) electrons. The van der Waals surface area contributed by atoms with Gasteiger partial charge in [-0.15, -0.1) is 0 Å². The highest BCUT2D eigenvalue weighted by Crippen LogP contribution is 2.28. The van der Waals surface area contributed by atoms with Crippen molar-refractivity contribution >= 4 is 5.91 Å². The number of carbonyl (C=O) groups excluding carboxylic acids is 1. The molecule has 6 nitrogen and oxygen atoms in total. The lowest BCUT2D eigenvalue weighted by Gasteiger charge is -2.36. The van der Waals surface area contributed by atoms with Crippen LogP contribution in [0.3, 0.4) is 0 Å². The second kappa shape index (κ2) is 7.82. The van der Waals surface area contributed by atoms with E-state index in [-0.39, 0.29) is 18.2 Å². The molecule has 1 aliphatic heterocycles. The van der Waals surface area contributed by atoms with Gasteiger partial charge in [-0.05, 0) is 45.0 Å². The number of rotatable bonds is 6. The van der Waals surface area contributed by atoms with Crippen LogP contribution in [0.4, 0.5) is 8.78 Å². The highest BCUT2D eigenvalue weighted by Gasteiger charge is 2.41. The first-order valence-electron chi connectivity index (χ1n) is 8.55. The van der Waals surface area contributed by atoms with Gasteiger partial charge in [-0.3, -0.25) is 9.48 Å². The maximum atomic E-state index is 13.0. The maximum Gasteiger partial charge on any atom is 0.387 e. The highest BCUT2D eigenvalue weighted by molar-refractivity contribution is 5.84. The Hall–Kier alpha value is -2.48. The molecule has 1 aromatic carbocycles. The molecule has 0 unspecified atom stereocenters. The van der Waals surface area contributed by atoms with Gasteiger partial charge in [0, 0.05) is 24.5 Å². The second-order valence-electron chi connectivity index (χ2n) is 6.40. The Labute approximate surface area is 150 Å². The van der Waals surface area contributed by atoms with E-state index in [1.54, 1.807) is 35.3 Å². The predicted octanol–water partition coefficient (Wildman–Crippen LogP) is 2.19. The number of amides is 1. The van der Waals surface area contributed by atoms with E-state index in [2.05, 4.69) is 20.5 Å². The van der Waals surface area contributed by atoms with Crippen molar-refractivity contribution in [3.05, 3.63) is 47.8 Å². The van der Waals surface area contributed by atoms with E-state index in [0.29, 0.717) is 31.5 Å². The minimum Gasteiger partial charge on any atom is -0.434 e. The molecule has 8 heteroatoms. The van der Waals surface area contributed by atoms with Crippen molar-refractivity contribution < 1.29 is 18.3 Å². The van der Waals surface area contributed by atoms with Gasteiger partial charge in [-0.2, -0.15) is 13.9 Å². The molecule has 0 spiro atoms. The number of aryl methyl sites for hydroxylation is 1. The van der Waals surface area contributed by atoms with Crippen LogP contribution in [0.15, 0.2) is 36.7 Å². The highest BCUT2D eigenvalue weighted by atomic mass is 19.3. The molecule has 0 atom stereocenters. The molecule has 2 aromatic rings. The van der Waals surface area contributed by atoms with E-state index in [1.165, 1.54) is 6.07 Å². The first kappa shape index (κ1) is 18.3. The summed E-state index contributed by atoms with van der Waals surface area (Å²) < 4.78 is 31.5. The Balaban J connectivity index is 1.78. The van der Waals surface area contributed by atoms with Gasteiger partial charge in [0.15, 0.2) is 0 Å².